The Morgan fingerprint density at radius 2 is 0.689 bits per heavy atom. The van der Waals surface area contributed by atoms with Crippen LogP contribution in [0.5, 0.6) is 0 Å². The lowest BCUT2D eigenvalue weighted by molar-refractivity contribution is 0.556. The number of hydrogen-bond donors (Lipinski definition) is 0. The van der Waals surface area contributed by atoms with E-state index in [0.29, 0.717) is 0 Å². The van der Waals surface area contributed by atoms with Crippen LogP contribution < -0.4 is 0 Å². The molecule has 4 rings (SSSR count). The van der Waals surface area contributed by atoms with Crippen molar-refractivity contribution in [1.82, 2.24) is 9.78 Å². The Bertz CT molecular complexity index is 1560. The number of hydrogen-bond acceptors (Lipinski definition) is 1. The molecular formula is C59H90N2. The van der Waals surface area contributed by atoms with Crippen molar-refractivity contribution in [3.63, 3.8) is 0 Å². The summed E-state index contributed by atoms with van der Waals surface area (Å²) < 4.78 is 2.16. The summed E-state index contributed by atoms with van der Waals surface area (Å²) in [5, 5.41) is 5.19. The minimum atomic E-state index is 0.994. The van der Waals surface area contributed by atoms with E-state index in [0.717, 1.165) is 23.5 Å². The standard InChI is InChI=1S/C59H90N2/c1-4-7-10-13-16-19-22-25-28-31-34-52-37-39-55(40-38-52)43-48-57-51-59(56-46-41-53(42-47-56)35-32-29-26-23-20-17-14-11-8-5-2)61(60-57)58-49-44-54(45-50-58)36-33-30-27-24-21-18-15-12-9-6-3/h37-51H,4-36H2,1-3H3. The van der Waals surface area contributed by atoms with E-state index in [1.165, 1.54) is 233 Å². The van der Waals surface area contributed by atoms with Gasteiger partial charge in [-0.05, 0) is 85.1 Å². The fraction of sp³-hybridized carbons (Fsp3) is 0.610. The maximum absolute atomic E-state index is 5.19. The molecule has 0 aliphatic rings. The van der Waals surface area contributed by atoms with Crippen LogP contribution in [-0.2, 0) is 19.3 Å². The second kappa shape index (κ2) is 33.2. The van der Waals surface area contributed by atoms with Crippen molar-refractivity contribution in [3.8, 4) is 16.9 Å². The molecule has 0 N–H and O–H groups in total. The molecule has 0 unspecified atom stereocenters. The summed E-state index contributed by atoms with van der Waals surface area (Å²) in [6, 6.07) is 30.0. The third-order valence-electron chi connectivity index (χ3n) is 13.0. The van der Waals surface area contributed by atoms with E-state index in [1.807, 2.05) is 0 Å². The van der Waals surface area contributed by atoms with Crippen molar-refractivity contribution < 1.29 is 0 Å². The first kappa shape index (κ1) is 50.3. The Labute approximate surface area is 376 Å². The van der Waals surface area contributed by atoms with Crippen molar-refractivity contribution in [1.29, 1.82) is 0 Å². The highest BCUT2D eigenvalue weighted by molar-refractivity contribution is 5.72. The minimum absolute atomic E-state index is 0.994. The number of rotatable bonds is 37. The zero-order valence-corrected chi connectivity index (χ0v) is 39.9. The van der Waals surface area contributed by atoms with E-state index in [9.17, 15) is 0 Å². The van der Waals surface area contributed by atoms with Crippen molar-refractivity contribution in [2.75, 3.05) is 0 Å². The predicted octanol–water partition coefficient (Wildman–Crippen LogP) is 19.1. The van der Waals surface area contributed by atoms with Gasteiger partial charge in [-0.25, -0.2) is 4.68 Å². The summed E-state index contributed by atoms with van der Waals surface area (Å²) in [6.45, 7) is 6.90. The molecular weight excluding hydrogens is 737 g/mol. The average Bonchev–Trinajstić information content (AvgIpc) is 3.72. The smallest absolute Gasteiger partial charge is 0.0862 e. The highest BCUT2D eigenvalue weighted by atomic mass is 15.3. The first-order valence-electron chi connectivity index (χ1n) is 26.3. The Morgan fingerprint density at radius 1 is 0.361 bits per heavy atom. The van der Waals surface area contributed by atoms with Crippen LogP contribution in [0.4, 0.5) is 0 Å². The Hall–Kier alpha value is -3.39. The molecule has 0 atom stereocenters. The molecule has 2 heteroatoms. The van der Waals surface area contributed by atoms with E-state index in [2.05, 4.69) is 116 Å². The van der Waals surface area contributed by atoms with Crippen molar-refractivity contribution in [2.45, 2.75) is 233 Å². The average molecular weight is 827 g/mol. The molecule has 1 aromatic heterocycles. The molecule has 0 bridgehead atoms. The molecule has 3 aromatic carbocycles. The van der Waals surface area contributed by atoms with E-state index in [-0.39, 0.29) is 0 Å². The summed E-state index contributed by atoms with van der Waals surface area (Å²) in [4.78, 5) is 0. The van der Waals surface area contributed by atoms with E-state index < -0.39 is 0 Å². The van der Waals surface area contributed by atoms with Gasteiger partial charge in [0.15, 0.2) is 0 Å². The normalized spacial score (nSPS) is 11.7. The van der Waals surface area contributed by atoms with Crippen molar-refractivity contribution in [2.24, 2.45) is 0 Å². The topological polar surface area (TPSA) is 17.8 Å². The molecule has 4 aromatic rings. The second-order valence-corrected chi connectivity index (χ2v) is 18.6. The number of aryl methyl sites for hydroxylation is 3. The van der Waals surface area contributed by atoms with Gasteiger partial charge in [-0.2, -0.15) is 5.10 Å². The lowest BCUT2D eigenvalue weighted by atomic mass is 10.0. The monoisotopic (exact) mass is 827 g/mol. The number of unbranched alkanes of at least 4 members (excludes halogenated alkanes) is 27. The molecule has 1 heterocycles. The van der Waals surface area contributed by atoms with E-state index in [1.54, 1.807) is 0 Å². The maximum Gasteiger partial charge on any atom is 0.0862 e. The highest BCUT2D eigenvalue weighted by Gasteiger charge is 2.12. The Balaban J connectivity index is 1.31. The third kappa shape index (κ3) is 22.0. The molecule has 0 fully saturated rings. The predicted molar refractivity (Wildman–Crippen MR) is 271 cm³/mol. The van der Waals surface area contributed by atoms with Gasteiger partial charge in [0.2, 0.25) is 0 Å². The van der Waals surface area contributed by atoms with Gasteiger partial charge in [0.05, 0.1) is 17.1 Å². The zero-order valence-electron chi connectivity index (χ0n) is 39.9. The van der Waals surface area contributed by atoms with Crippen LogP contribution >= 0.6 is 0 Å². The largest absolute Gasteiger partial charge is 0.233 e. The summed E-state index contributed by atoms with van der Waals surface area (Å²) in [5.74, 6) is 0. The van der Waals surface area contributed by atoms with Gasteiger partial charge in [0, 0.05) is 5.56 Å². The summed E-state index contributed by atoms with van der Waals surface area (Å²) >= 11 is 0. The summed E-state index contributed by atoms with van der Waals surface area (Å²) in [6.07, 6.45) is 49.5. The second-order valence-electron chi connectivity index (χ2n) is 18.6. The van der Waals surface area contributed by atoms with Gasteiger partial charge in [-0.1, -0.05) is 261 Å². The van der Waals surface area contributed by atoms with Gasteiger partial charge >= 0.3 is 0 Å². The van der Waals surface area contributed by atoms with Crippen LogP contribution in [0.3, 0.4) is 0 Å². The molecule has 61 heavy (non-hydrogen) atoms. The molecule has 2 nitrogen and oxygen atoms in total. The van der Waals surface area contributed by atoms with Crippen LogP contribution in [0.15, 0.2) is 78.9 Å². The quantitative estimate of drug-likeness (QED) is 0.0414. The van der Waals surface area contributed by atoms with Gasteiger partial charge in [-0.15, -0.1) is 0 Å². The molecule has 0 spiro atoms. The molecule has 0 aliphatic heterocycles. The lowest BCUT2D eigenvalue weighted by Gasteiger charge is -2.10. The van der Waals surface area contributed by atoms with Crippen molar-refractivity contribution >= 4 is 12.2 Å². The Kier molecular flexibility index (Phi) is 27.4. The number of aromatic nitrogens is 2. The molecule has 0 saturated heterocycles. The van der Waals surface area contributed by atoms with Crippen LogP contribution in [0.1, 0.15) is 241 Å². The summed E-state index contributed by atoms with van der Waals surface area (Å²) in [7, 11) is 0. The molecule has 0 radical (unpaired) electrons. The van der Waals surface area contributed by atoms with Crippen molar-refractivity contribution in [3.05, 3.63) is 107 Å². The van der Waals surface area contributed by atoms with Gasteiger partial charge < -0.3 is 0 Å². The molecule has 0 amide bonds. The third-order valence-corrected chi connectivity index (χ3v) is 13.0. The molecule has 336 valence electrons. The maximum atomic E-state index is 5.19. The molecule has 0 saturated carbocycles. The van der Waals surface area contributed by atoms with Crippen LogP contribution in [-0.4, -0.2) is 9.78 Å². The molecule has 0 aliphatic carbocycles. The van der Waals surface area contributed by atoms with Gasteiger partial charge in [0.25, 0.3) is 0 Å². The lowest BCUT2D eigenvalue weighted by Crippen LogP contribution is -2.00. The zero-order chi connectivity index (χ0) is 42.8. The number of nitrogens with zero attached hydrogens (tertiary/aromatic N) is 2. The minimum Gasteiger partial charge on any atom is -0.233 e. The summed E-state index contributed by atoms with van der Waals surface area (Å²) in [5.41, 5.74) is 10.1. The van der Waals surface area contributed by atoms with Crippen LogP contribution in [0.2, 0.25) is 0 Å². The van der Waals surface area contributed by atoms with Gasteiger partial charge in [0.1, 0.15) is 0 Å². The fourth-order valence-corrected chi connectivity index (χ4v) is 8.96. The van der Waals surface area contributed by atoms with Crippen LogP contribution in [0, 0.1) is 0 Å². The fourth-order valence-electron chi connectivity index (χ4n) is 8.96. The SMILES string of the molecule is CCCCCCCCCCCCc1ccc(C=Cc2cc(-c3ccc(CCCCCCCCCCCC)cc3)n(-c3ccc(CCCCCCCCCCCC)cc3)n2)cc1. The van der Waals surface area contributed by atoms with Gasteiger partial charge in [-0.3, -0.25) is 0 Å². The first-order chi connectivity index (χ1) is 30.2. The van der Waals surface area contributed by atoms with E-state index in [4.69, 9.17) is 5.10 Å². The first-order valence-corrected chi connectivity index (χ1v) is 26.3. The van der Waals surface area contributed by atoms with Crippen LogP contribution in [0.25, 0.3) is 29.1 Å². The Morgan fingerprint density at radius 3 is 1.07 bits per heavy atom. The van der Waals surface area contributed by atoms with E-state index >= 15 is 0 Å². The number of benzene rings is 3. The highest BCUT2D eigenvalue weighted by Crippen LogP contribution is 2.27.